The zero-order chi connectivity index (χ0) is 18.5. The summed E-state index contributed by atoms with van der Waals surface area (Å²) < 4.78 is 0. The van der Waals surface area contributed by atoms with Crippen molar-refractivity contribution in [2.24, 2.45) is 0 Å². The fourth-order valence-corrected chi connectivity index (χ4v) is 3.74. The van der Waals surface area contributed by atoms with Crippen LogP contribution in [0.4, 0.5) is 5.69 Å². The number of rotatable bonds is 5. The number of nitriles is 2. The molecule has 0 amide bonds. The van der Waals surface area contributed by atoms with Crippen molar-refractivity contribution in [2.45, 2.75) is 19.0 Å². The van der Waals surface area contributed by atoms with Crippen LogP contribution in [0.2, 0.25) is 10.0 Å². The van der Waals surface area contributed by atoms with E-state index >= 15 is 0 Å². The van der Waals surface area contributed by atoms with Gasteiger partial charge in [-0.15, -0.1) is 0 Å². The van der Waals surface area contributed by atoms with Crippen molar-refractivity contribution in [3.63, 3.8) is 0 Å². The first-order chi connectivity index (χ1) is 12.6. The maximum absolute atomic E-state index is 9.12. The number of hydrogen-bond acceptors (Lipinski definition) is 4. The molecule has 0 aromatic heterocycles. The predicted molar refractivity (Wildman–Crippen MR) is 104 cm³/mol. The Morgan fingerprint density at radius 1 is 1.12 bits per heavy atom. The van der Waals surface area contributed by atoms with E-state index in [-0.39, 0.29) is 6.04 Å². The fourth-order valence-electron chi connectivity index (χ4n) is 3.32. The molecule has 0 bridgehead atoms. The average Bonchev–Trinajstić information content (AvgIpc) is 3.09. The van der Waals surface area contributed by atoms with Crippen LogP contribution in [0.5, 0.6) is 0 Å². The van der Waals surface area contributed by atoms with E-state index in [1.54, 1.807) is 6.07 Å². The van der Waals surface area contributed by atoms with Crippen molar-refractivity contribution in [1.82, 2.24) is 4.90 Å². The lowest BCUT2D eigenvalue weighted by molar-refractivity contribution is 0.373. The summed E-state index contributed by atoms with van der Waals surface area (Å²) in [5, 5.41) is 19.3. The van der Waals surface area contributed by atoms with E-state index < -0.39 is 0 Å². The van der Waals surface area contributed by atoms with Crippen LogP contribution < -0.4 is 4.90 Å². The van der Waals surface area contributed by atoms with E-state index in [0.717, 1.165) is 35.8 Å². The summed E-state index contributed by atoms with van der Waals surface area (Å²) in [6.07, 6.45) is 0.962. The van der Waals surface area contributed by atoms with Gasteiger partial charge in [0.2, 0.25) is 0 Å². The van der Waals surface area contributed by atoms with Crippen molar-refractivity contribution in [3.8, 4) is 12.1 Å². The van der Waals surface area contributed by atoms with Gasteiger partial charge in [0.05, 0.1) is 23.2 Å². The number of anilines is 1. The number of benzene rings is 2. The van der Waals surface area contributed by atoms with E-state index in [2.05, 4.69) is 21.9 Å². The zero-order valence-electron chi connectivity index (χ0n) is 14.2. The van der Waals surface area contributed by atoms with Gasteiger partial charge in [0.15, 0.2) is 0 Å². The largest absolute Gasteiger partial charge is 0.363 e. The molecule has 1 heterocycles. The molecule has 0 radical (unpaired) electrons. The minimum absolute atomic E-state index is 0.253. The first-order valence-electron chi connectivity index (χ1n) is 8.41. The minimum atomic E-state index is 0.253. The van der Waals surface area contributed by atoms with Gasteiger partial charge in [-0.25, -0.2) is 0 Å². The van der Waals surface area contributed by atoms with Crippen LogP contribution in [0.25, 0.3) is 0 Å². The monoisotopic (exact) mass is 384 g/mol. The van der Waals surface area contributed by atoms with Crippen molar-refractivity contribution < 1.29 is 0 Å². The summed E-state index contributed by atoms with van der Waals surface area (Å²) >= 11 is 12.6. The molecule has 3 rings (SSSR count). The van der Waals surface area contributed by atoms with Crippen molar-refractivity contribution in [1.29, 1.82) is 10.5 Å². The minimum Gasteiger partial charge on any atom is -0.363 e. The molecule has 0 saturated carbocycles. The second kappa shape index (κ2) is 8.43. The van der Waals surface area contributed by atoms with E-state index in [1.165, 1.54) is 0 Å². The second-order valence-corrected chi connectivity index (χ2v) is 7.15. The van der Waals surface area contributed by atoms with Gasteiger partial charge in [-0.3, -0.25) is 4.90 Å². The van der Waals surface area contributed by atoms with Gasteiger partial charge in [-0.2, -0.15) is 10.5 Å². The van der Waals surface area contributed by atoms with Crippen molar-refractivity contribution in [2.75, 3.05) is 24.5 Å². The molecule has 1 saturated heterocycles. The smallest absolute Gasteiger partial charge is 0.101 e. The summed E-state index contributed by atoms with van der Waals surface area (Å²) in [7, 11) is 0. The summed E-state index contributed by atoms with van der Waals surface area (Å²) in [5.74, 6) is 0. The summed E-state index contributed by atoms with van der Waals surface area (Å²) in [6.45, 7) is 2.79. The SMILES string of the molecule is N#CCN1CC[C@H](N(Cc2ccccc2Cl)c2ccc(C#N)c(Cl)c2)C1. The Labute approximate surface area is 163 Å². The summed E-state index contributed by atoms with van der Waals surface area (Å²) in [4.78, 5) is 4.42. The van der Waals surface area contributed by atoms with Gasteiger partial charge in [-0.1, -0.05) is 41.4 Å². The Bertz CT molecular complexity index is 869. The Kier molecular flexibility index (Phi) is 6.01. The van der Waals surface area contributed by atoms with Crippen molar-refractivity contribution in [3.05, 3.63) is 63.6 Å². The maximum atomic E-state index is 9.12. The van der Waals surface area contributed by atoms with Crippen LogP contribution in [0.3, 0.4) is 0 Å². The third kappa shape index (κ3) is 4.11. The van der Waals surface area contributed by atoms with Crippen LogP contribution in [-0.4, -0.2) is 30.6 Å². The Morgan fingerprint density at radius 2 is 1.92 bits per heavy atom. The molecule has 6 heteroatoms. The highest BCUT2D eigenvalue weighted by Crippen LogP contribution is 2.30. The number of hydrogen-bond donors (Lipinski definition) is 0. The van der Waals surface area contributed by atoms with E-state index in [9.17, 15) is 0 Å². The number of nitrogens with zero attached hydrogens (tertiary/aromatic N) is 4. The number of halogens is 2. The van der Waals surface area contributed by atoms with Gasteiger partial charge >= 0.3 is 0 Å². The fraction of sp³-hybridized carbons (Fsp3) is 0.300. The van der Waals surface area contributed by atoms with E-state index in [4.69, 9.17) is 33.7 Å². The first kappa shape index (κ1) is 18.5. The highest BCUT2D eigenvalue weighted by molar-refractivity contribution is 6.32. The third-order valence-corrected chi connectivity index (χ3v) is 5.37. The summed E-state index contributed by atoms with van der Waals surface area (Å²) in [5.41, 5.74) is 2.46. The van der Waals surface area contributed by atoms with E-state index in [0.29, 0.717) is 23.7 Å². The molecule has 1 aliphatic rings. The lowest BCUT2D eigenvalue weighted by Gasteiger charge is -2.32. The van der Waals surface area contributed by atoms with Crippen molar-refractivity contribution >= 4 is 28.9 Å². The molecule has 0 aliphatic carbocycles. The van der Waals surface area contributed by atoms with Gasteiger partial charge in [-0.05, 0) is 36.2 Å². The van der Waals surface area contributed by atoms with Gasteiger partial charge in [0, 0.05) is 36.4 Å². The predicted octanol–water partition coefficient (Wildman–Crippen LogP) is 4.47. The molecule has 1 atom stereocenters. The molecule has 0 N–H and O–H groups in total. The Morgan fingerprint density at radius 3 is 2.62 bits per heavy atom. The van der Waals surface area contributed by atoms with Gasteiger partial charge in [0.25, 0.3) is 0 Å². The van der Waals surface area contributed by atoms with Gasteiger partial charge < -0.3 is 4.90 Å². The van der Waals surface area contributed by atoms with Crippen LogP contribution in [-0.2, 0) is 6.54 Å². The molecule has 132 valence electrons. The van der Waals surface area contributed by atoms with E-state index in [1.807, 2.05) is 36.4 Å². The molecule has 0 unspecified atom stereocenters. The second-order valence-electron chi connectivity index (χ2n) is 6.33. The normalized spacial score (nSPS) is 16.8. The third-order valence-electron chi connectivity index (χ3n) is 4.69. The molecule has 2 aromatic carbocycles. The average molecular weight is 385 g/mol. The van der Waals surface area contributed by atoms with Crippen LogP contribution in [0.1, 0.15) is 17.5 Å². The number of likely N-dealkylation sites (tertiary alicyclic amines) is 1. The quantitative estimate of drug-likeness (QED) is 0.713. The Hall–Kier alpha value is -2.24. The standard InChI is InChI=1S/C20H18Cl2N4/c21-19-4-2-1-3-16(19)13-26(18-7-9-25(14-18)10-8-23)17-6-5-15(12-24)20(22)11-17/h1-6,11,18H,7,9-10,13-14H2/t18-/m0/s1. The molecule has 1 aliphatic heterocycles. The van der Waals surface area contributed by atoms with Crippen LogP contribution in [0.15, 0.2) is 42.5 Å². The lowest BCUT2D eigenvalue weighted by Crippen LogP contribution is -2.37. The molecular weight excluding hydrogens is 367 g/mol. The van der Waals surface area contributed by atoms with Crippen LogP contribution in [0, 0.1) is 22.7 Å². The summed E-state index contributed by atoms with van der Waals surface area (Å²) in [6, 6.07) is 17.9. The molecule has 4 nitrogen and oxygen atoms in total. The molecule has 26 heavy (non-hydrogen) atoms. The van der Waals surface area contributed by atoms with Crippen LogP contribution >= 0.6 is 23.2 Å². The molecule has 1 fully saturated rings. The molecule has 2 aromatic rings. The Balaban J connectivity index is 1.92. The lowest BCUT2D eigenvalue weighted by atomic mass is 10.1. The van der Waals surface area contributed by atoms with Gasteiger partial charge in [0.1, 0.15) is 6.07 Å². The highest BCUT2D eigenvalue weighted by atomic mass is 35.5. The maximum Gasteiger partial charge on any atom is 0.101 e. The first-order valence-corrected chi connectivity index (χ1v) is 9.17. The highest BCUT2D eigenvalue weighted by Gasteiger charge is 2.28. The molecular formula is C20H18Cl2N4. The topological polar surface area (TPSA) is 54.1 Å². The molecule has 0 spiro atoms. The zero-order valence-corrected chi connectivity index (χ0v) is 15.7.